The van der Waals surface area contributed by atoms with E-state index in [0.717, 1.165) is 57.4 Å². The van der Waals surface area contributed by atoms with Gasteiger partial charge in [-0.05, 0) is 112 Å². The van der Waals surface area contributed by atoms with Crippen LogP contribution < -0.4 is 26.1 Å². The number of amides is 1. The number of rotatable bonds is 24. The van der Waals surface area contributed by atoms with E-state index in [1.165, 1.54) is 31.4 Å². The number of ether oxygens (including phenoxy) is 2. The topological polar surface area (TPSA) is 197 Å². The van der Waals surface area contributed by atoms with E-state index in [1.807, 2.05) is 131 Å². The second kappa shape index (κ2) is 25.2. The standard InChI is InChI=1S/C60H66N3O11PS2/c1-59(2)50-41-47(76(67,68)69)31-34-52(50)62(55(59)28-18-8-7-9-19-29-56-60(3,4)51-42-48(77(70,71)72)32-35-53(51)63(56)38-39-73-5)37-20-12-13-22-44(64)23-21-36-61-57(65)43-30-33-49(58(66)74-6)54(40-43)75(45-24-14-10-15-25-45)46-26-16-11-17-27-46/h7-11,14-19,24-35,40-42H,12-13,20-23,36-39H2,1-6H3,(H2-,61,65,67,68,69,70,71,72)/p+1. The lowest BCUT2D eigenvalue weighted by Gasteiger charge is -2.26. The molecule has 0 saturated heterocycles. The highest BCUT2D eigenvalue weighted by molar-refractivity contribution is 7.86. The van der Waals surface area contributed by atoms with Crippen LogP contribution in [0.25, 0.3) is 0 Å². The van der Waals surface area contributed by atoms with Crippen LogP contribution in [-0.2, 0) is 45.3 Å². The number of carbonyl (C=O) groups is 3. The first kappa shape index (κ1) is 58.0. The van der Waals surface area contributed by atoms with E-state index in [1.54, 1.807) is 37.4 Å². The van der Waals surface area contributed by atoms with E-state index >= 15 is 0 Å². The first-order chi connectivity index (χ1) is 36.7. The van der Waals surface area contributed by atoms with Gasteiger partial charge in [0.15, 0.2) is 5.71 Å². The molecule has 1 amide bonds. The minimum absolute atomic E-state index is 0.104. The maximum atomic E-state index is 13.5. The van der Waals surface area contributed by atoms with Crippen LogP contribution in [0.5, 0.6) is 0 Å². The Labute approximate surface area is 454 Å². The van der Waals surface area contributed by atoms with Crippen LogP contribution >= 0.6 is 7.92 Å². The largest absolute Gasteiger partial charge is 0.465 e. The van der Waals surface area contributed by atoms with E-state index in [9.17, 15) is 40.3 Å². The first-order valence-electron chi connectivity index (χ1n) is 25.5. The third-order valence-corrected chi connectivity index (χ3v) is 18.2. The van der Waals surface area contributed by atoms with Gasteiger partial charge < -0.3 is 19.7 Å². The number of hydrogen-bond donors (Lipinski definition) is 3. The third-order valence-electron chi connectivity index (χ3n) is 14.0. The van der Waals surface area contributed by atoms with Gasteiger partial charge in [0.05, 0.1) is 34.5 Å². The lowest BCUT2D eigenvalue weighted by atomic mass is 9.81. The Balaban J connectivity index is 0.960. The van der Waals surface area contributed by atoms with Crippen LogP contribution in [0.1, 0.15) is 98.1 Å². The Morgan fingerprint density at radius 2 is 1.30 bits per heavy atom. The summed E-state index contributed by atoms with van der Waals surface area (Å²) in [7, 11) is -7.09. The van der Waals surface area contributed by atoms with Gasteiger partial charge in [0, 0.05) is 84.8 Å². The molecule has 0 aliphatic carbocycles. The van der Waals surface area contributed by atoms with Crippen molar-refractivity contribution in [3.8, 4) is 0 Å². The van der Waals surface area contributed by atoms with Crippen molar-refractivity contribution in [2.75, 3.05) is 45.4 Å². The molecular weight excluding hydrogens is 1030 g/mol. The Hall–Kier alpha value is -6.65. The van der Waals surface area contributed by atoms with E-state index < -0.39 is 45.0 Å². The highest BCUT2D eigenvalue weighted by Crippen LogP contribution is 2.48. The molecule has 77 heavy (non-hydrogen) atoms. The van der Waals surface area contributed by atoms with Gasteiger partial charge >= 0.3 is 5.97 Å². The van der Waals surface area contributed by atoms with Crippen molar-refractivity contribution in [2.45, 2.75) is 86.8 Å². The molecular formula is C60H67N3O11PS2+. The van der Waals surface area contributed by atoms with Gasteiger partial charge in [0.1, 0.15) is 12.3 Å². The molecule has 3 N–H and O–H groups in total. The van der Waals surface area contributed by atoms with Crippen LogP contribution in [-0.4, -0.2) is 94.3 Å². The molecule has 2 heterocycles. The minimum Gasteiger partial charge on any atom is -0.465 e. The zero-order valence-electron chi connectivity index (χ0n) is 44.3. The number of allylic oxidation sites excluding steroid dienone is 8. The summed E-state index contributed by atoms with van der Waals surface area (Å²) in [5.74, 6) is -0.681. The molecule has 5 aromatic rings. The number of carbonyl (C=O) groups excluding carboxylic acids is 3. The number of nitrogens with zero attached hydrogens (tertiary/aromatic N) is 2. The SMILES string of the molecule is COCCN1C(=CC=CC=CC=CC2=[N+](CCCCCC(=O)CCCNC(=O)c3ccc(C(=O)OC)c(P(c4ccccc4)c4ccccc4)c3)c3ccc(S(=O)(=O)O)cc3C2(C)C)C(C)(C)c2cc(S(=O)(=O)O)ccc21. The zero-order valence-corrected chi connectivity index (χ0v) is 46.8. The molecule has 7 rings (SSSR count). The Kier molecular flexibility index (Phi) is 19.0. The van der Waals surface area contributed by atoms with Gasteiger partial charge in [-0.2, -0.15) is 21.4 Å². The van der Waals surface area contributed by atoms with Crippen molar-refractivity contribution in [1.29, 1.82) is 0 Å². The molecule has 0 spiro atoms. The number of hydrogen-bond acceptors (Lipinski definition) is 10. The molecule has 0 aromatic heterocycles. The third kappa shape index (κ3) is 13.7. The predicted molar refractivity (Wildman–Crippen MR) is 305 cm³/mol. The minimum atomic E-state index is -4.45. The zero-order chi connectivity index (χ0) is 55.5. The van der Waals surface area contributed by atoms with E-state index in [0.29, 0.717) is 68.4 Å². The van der Waals surface area contributed by atoms with Crippen LogP contribution in [0.3, 0.4) is 0 Å². The molecule has 0 fully saturated rings. The number of unbranched alkanes of at least 4 members (excludes halogenated alkanes) is 2. The van der Waals surface area contributed by atoms with Gasteiger partial charge in [-0.15, -0.1) is 0 Å². The number of fused-ring (bicyclic) bond motifs is 2. The second-order valence-corrected chi connectivity index (χ2v) is 24.9. The van der Waals surface area contributed by atoms with Crippen molar-refractivity contribution >= 4 is 78.8 Å². The van der Waals surface area contributed by atoms with Crippen molar-refractivity contribution in [1.82, 2.24) is 5.32 Å². The molecule has 0 bridgehead atoms. The summed E-state index contributed by atoms with van der Waals surface area (Å²) in [4.78, 5) is 41.4. The Morgan fingerprint density at radius 1 is 0.688 bits per heavy atom. The molecule has 2 aliphatic rings. The van der Waals surface area contributed by atoms with Gasteiger partial charge in [-0.3, -0.25) is 18.7 Å². The second-order valence-electron chi connectivity index (χ2n) is 19.9. The van der Waals surface area contributed by atoms with Gasteiger partial charge in [-0.1, -0.05) is 105 Å². The van der Waals surface area contributed by atoms with Gasteiger partial charge in [0.25, 0.3) is 26.1 Å². The van der Waals surface area contributed by atoms with Crippen molar-refractivity contribution in [3.05, 3.63) is 186 Å². The first-order valence-corrected chi connectivity index (χ1v) is 29.7. The smallest absolute Gasteiger partial charge is 0.338 e. The Morgan fingerprint density at radius 3 is 1.94 bits per heavy atom. The van der Waals surface area contributed by atoms with E-state index in [-0.39, 0.29) is 21.5 Å². The van der Waals surface area contributed by atoms with Crippen LogP contribution in [0.2, 0.25) is 0 Å². The number of anilines is 1. The fraction of sp³-hybridized carbons (Fsp3) is 0.300. The fourth-order valence-corrected chi connectivity index (χ4v) is 13.5. The Bertz CT molecular complexity index is 3350. The average molecular weight is 1100 g/mol. The quantitative estimate of drug-likeness (QED) is 0.0132. The van der Waals surface area contributed by atoms with Crippen molar-refractivity contribution < 1.29 is 54.4 Å². The maximum Gasteiger partial charge on any atom is 0.338 e. The number of esters is 1. The summed E-state index contributed by atoms with van der Waals surface area (Å²) in [5.41, 5.74) is 4.65. The lowest BCUT2D eigenvalue weighted by Crippen LogP contribution is -2.29. The number of ketones is 1. The highest BCUT2D eigenvalue weighted by atomic mass is 32.2. The molecule has 404 valence electrons. The van der Waals surface area contributed by atoms with Gasteiger partial charge in [0.2, 0.25) is 5.69 Å². The van der Waals surface area contributed by atoms with E-state index in [4.69, 9.17) is 9.47 Å². The molecule has 0 saturated carbocycles. The number of benzene rings is 5. The fourth-order valence-electron chi connectivity index (χ4n) is 9.99. The van der Waals surface area contributed by atoms with Crippen LogP contribution in [0, 0.1) is 0 Å². The molecule has 0 unspecified atom stereocenters. The summed E-state index contributed by atoms with van der Waals surface area (Å²) in [6.07, 6.45) is 16.8. The molecule has 5 aromatic carbocycles. The van der Waals surface area contributed by atoms with Crippen LogP contribution in [0.4, 0.5) is 11.4 Å². The average Bonchev–Trinajstić information content (AvgIpc) is 3.82. The molecule has 17 heteroatoms. The summed E-state index contributed by atoms with van der Waals surface area (Å²) in [5, 5.41) is 5.71. The van der Waals surface area contributed by atoms with Crippen LogP contribution in [0.15, 0.2) is 173 Å². The molecule has 0 radical (unpaired) electrons. The number of Topliss-reactive ketones (excluding diaryl/α,β-unsaturated/α-hetero) is 1. The summed E-state index contributed by atoms with van der Waals surface area (Å²) >= 11 is 0. The lowest BCUT2D eigenvalue weighted by molar-refractivity contribution is -0.438. The molecule has 2 aliphatic heterocycles. The normalized spacial score (nSPS) is 15.5. The maximum absolute atomic E-state index is 13.5. The number of methoxy groups -OCH3 is 2. The summed E-state index contributed by atoms with van der Waals surface area (Å²) in [6.45, 7) is 9.90. The monoisotopic (exact) mass is 1100 g/mol. The van der Waals surface area contributed by atoms with Crippen molar-refractivity contribution in [3.63, 3.8) is 0 Å². The summed E-state index contributed by atoms with van der Waals surface area (Å²) in [6, 6.07) is 34.1. The van der Waals surface area contributed by atoms with Crippen molar-refractivity contribution in [2.24, 2.45) is 0 Å². The highest BCUT2D eigenvalue weighted by Gasteiger charge is 2.45. The van der Waals surface area contributed by atoms with Gasteiger partial charge in [-0.25, -0.2) is 4.79 Å². The predicted octanol–water partition coefficient (Wildman–Crippen LogP) is 9.44. The number of nitrogens with one attached hydrogen (secondary N) is 1. The van der Waals surface area contributed by atoms with E-state index in [2.05, 4.69) is 14.8 Å². The molecule has 14 nitrogen and oxygen atoms in total. The summed E-state index contributed by atoms with van der Waals surface area (Å²) < 4.78 is 80.8. The molecule has 0 atom stereocenters.